The average molecular weight is 313 g/mol. The maximum absolute atomic E-state index is 11.0. The molecule has 23 heavy (non-hydrogen) atoms. The van der Waals surface area contributed by atoms with Gasteiger partial charge in [-0.15, -0.1) is 0 Å². The number of aliphatic hydroxyl groups excluding tert-OH is 1. The first-order valence-corrected chi connectivity index (χ1v) is 6.30. The van der Waals surface area contributed by atoms with E-state index in [2.05, 4.69) is 4.98 Å². The van der Waals surface area contributed by atoms with E-state index in [9.17, 15) is 25.6 Å². The molecule has 0 fully saturated rings. The van der Waals surface area contributed by atoms with Crippen molar-refractivity contribution in [2.75, 3.05) is 7.11 Å². The smallest absolute Gasteiger partial charge is 0.315 e. The van der Waals surface area contributed by atoms with Crippen LogP contribution in [0.15, 0.2) is 36.5 Å². The lowest BCUT2D eigenvalue weighted by Gasteiger charge is -2.08. The van der Waals surface area contributed by atoms with Gasteiger partial charge in [-0.2, -0.15) is 5.26 Å². The molecule has 8 nitrogen and oxygen atoms in total. The van der Waals surface area contributed by atoms with Gasteiger partial charge in [-0.25, -0.2) is 0 Å². The second-order valence-electron chi connectivity index (χ2n) is 4.35. The number of allylic oxidation sites excluding steroid dienone is 1. The zero-order valence-corrected chi connectivity index (χ0v) is 11.9. The number of methoxy groups -OCH3 is 1. The van der Waals surface area contributed by atoms with Crippen molar-refractivity contribution < 1.29 is 19.9 Å². The number of nitriles is 1. The molecule has 0 amide bonds. The van der Waals surface area contributed by atoms with Crippen molar-refractivity contribution in [3.63, 3.8) is 0 Å². The van der Waals surface area contributed by atoms with Gasteiger partial charge in [0.2, 0.25) is 5.75 Å². The van der Waals surface area contributed by atoms with E-state index >= 15 is 0 Å². The van der Waals surface area contributed by atoms with Crippen molar-refractivity contribution in [2.24, 2.45) is 0 Å². The molecule has 116 valence electrons. The summed E-state index contributed by atoms with van der Waals surface area (Å²) in [6, 6.07) is 8.74. The maximum Gasteiger partial charge on any atom is 0.315 e. The topological polar surface area (TPSA) is 130 Å². The van der Waals surface area contributed by atoms with Gasteiger partial charge >= 0.3 is 5.69 Å². The van der Waals surface area contributed by atoms with E-state index in [1.165, 1.54) is 25.4 Å². The summed E-state index contributed by atoms with van der Waals surface area (Å²) in [5, 5.41) is 40.3. The van der Waals surface area contributed by atoms with Crippen LogP contribution in [-0.4, -0.2) is 27.2 Å². The maximum atomic E-state index is 11.0. The fourth-order valence-electron chi connectivity index (χ4n) is 1.91. The second-order valence-corrected chi connectivity index (χ2v) is 4.35. The van der Waals surface area contributed by atoms with Crippen molar-refractivity contribution in [2.45, 2.75) is 0 Å². The molecular formula is C15H11N3O5. The van der Waals surface area contributed by atoms with Crippen LogP contribution in [0.5, 0.6) is 11.5 Å². The molecule has 0 spiro atoms. The fraction of sp³-hybridized carbons (Fsp3) is 0.0667. The lowest BCUT2D eigenvalue weighted by Crippen LogP contribution is -1.97. The number of hydrogen-bond donors (Lipinski definition) is 2. The Labute approximate surface area is 130 Å². The Morgan fingerprint density at radius 3 is 2.70 bits per heavy atom. The van der Waals surface area contributed by atoms with Gasteiger partial charge in [0.25, 0.3) is 0 Å². The predicted molar refractivity (Wildman–Crippen MR) is 80.6 cm³/mol. The minimum absolute atomic E-state index is 0.0476. The van der Waals surface area contributed by atoms with Crippen molar-refractivity contribution >= 4 is 17.0 Å². The zero-order chi connectivity index (χ0) is 17.0. The molecule has 0 saturated heterocycles. The first kappa shape index (κ1) is 15.8. The molecule has 0 radical (unpaired) electrons. The number of phenolic OH excluding ortho intramolecular Hbond substituents is 1. The molecule has 8 heteroatoms. The third-order valence-electron chi connectivity index (χ3n) is 3.01. The monoisotopic (exact) mass is 313 g/mol. The van der Waals surface area contributed by atoms with E-state index < -0.39 is 22.1 Å². The summed E-state index contributed by atoms with van der Waals surface area (Å²) in [5.41, 5.74) is -0.646. The van der Waals surface area contributed by atoms with Crippen LogP contribution < -0.4 is 4.74 Å². The summed E-state index contributed by atoms with van der Waals surface area (Å²) in [6.07, 6.45) is 1.44. The van der Waals surface area contributed by atoms with Crippen LogP contribution >= 0.6 is 0 Å². The van der Waals surface area contributed by atoms with E-state index in [-0.39, 0.29) is 22.6 Å². The summed E-state index contributed by atoms with van der Waals surface area (Å²) in [5.74, 6) is -1.36. The Kier molecular flexibility index (Phi) is 4.42. The minimum atomic E-state index is -0.818. The van der Waals surface area contributed by atoms with Crippen molar-refractivity contribution in [3.05, 3.63) is 57.9 Å². The largest absolute Gasteiger partial charge is 0.506 e. The summed E-state index contributed by atoms with van der Waals surface area (Å²) in [6.45, 7) is 0. The first-order valence-electron chi connectivity index (χ1n) is 6.30. The van der Waals surface area contributed by atoms with E-state index in [1.54, 1.807) is 12.1 Å². The van der Waals surface area contributed by atoms with Gasteiger partial charge in [-0.1, -0.05) is 6.07 Å². The van der Waals surface area contributed by atoms with E-state index in [4.69, 9.17) is 4.74 Å². The number of aromatic nitrogens is 1. The lowest BCUT2D eigenvalue weighted by molar-refractivity contribution is -0.386. The molecule has 0 aliphatic rings. The standard InChI is InChI=1S/C15H11N3O5/c1-23-13-7-9(6-12(15(13)20)18(21)22)14(19)10(8-16)11-4-2-3-5-17-11/h2-7,19-20H,1H3/b14-10-. The van der Waals surface area contributed by atoms with Crippen molar-refractivity contribution in [1.29, 1.82) is 5.26 Å². The number of nitrogens with zero attached hydrogens (tertiary/aromatic N) is 3. The molecule has 2 rings (SSSR count). The lowest BCUT2D eigenvalue weighted by atomic mass is 10.0. The third kappa shape index (κ3) is 3.03. The van der Waals surface area contributed by atoms with Gasteiger partial charge in [-0.3, -0.25) is 15.1 Å². The number of rotatable bonds is 4. The number of aromatic hydroxyl groups is 1. The van der Waals surface area contributed by atoms with Gasteiger partial charge < -0.3 is 14.9 Å². The quantitative estimate of drug-likeness (QED) is 0.384. The highest BCUT2D eigenvalue weighted by molar-refractivity contribution is 5.93. The molecule has 2 N–H and O–H groups in total. The summed E-state index contributed by atoms with van der Waals surface area (Å²) >= 11 is 0. The molecular weight excluding hydrogens is 302 g/mol. The fourth-order valence-corrected chi connectivity index (χ4v) is 1.91. The van der Waals surface area contributed by atoms with Crippen molar-refractivity contribution in [3.8, 4) is 17.6 Å². The van der Waals surface area contributed by atoms with Crippen LogP contribution in [0.25, 0.3) is 11.3 Å². The second kappa shape index (κ2) is 6.44. The molecule has 0 aliphatic carbocycles. The van der Waals surface area contributed by atoms with E-state index in [1.807, 2.05) is 6.07 Å². The molecule has 1 aromatic heterocycles. The van der Waals surface area contributed by atoms with Crippen molar-refractivity contribution in [1.82, 2.24) is 4.98 Å². The molecule has 0 unspecified atom stereocenters. The molecule has 0 bridgehead atoms. The Morgan fingerprint density at radius 1 is 1.43 bits per heavy atom. The van der Waals surface area contributed by atoms with Crippen LogP contribution in [0, 0.1) is 21.4 Å². The first-order chi connectivity index (χ1) is 11.0. The summed E-state index contributed by atoms with van der Waals surface area (Å²) < 4.78 is 4.86. The summed E-state index contributed by atoms with van der Waals surface area (Å²) in [4.78, 5) is 14.1. The Bertz CT molecular complexity index is 825. The molecule has 0 aliphatic heterocycles. The van der Waals surface area contributed by atoms with E-state index in [0.717, 1.165) is 6.07 Å². The normalized spacial score (nSPS) is 11.3. The number of phenols is 1. The number of benzene rings is 1. The molecule has 1 heterocycles. The Hall–Kier alpha value is -3.60. The highest BCUT2D eigenvalue weighted by atomic mass is 16.6. The van der Waals surface area contributed by atoms with Gasteiger partial charge in [0.15, 0.2) is 5.75 Å². The zero-order valence-electron chi connectivity index (χ0n) is 11.9. The van der Waals surface area contributed by atoms with Gasteiger partial charge in [-0.05, 0) is 18.2 Å². The third-order valence-corrected chi connectivity index (χ3v) is 3.01. The molecule has 2 aromatic rings. The Balaban J connectivity index is 2.69. The van der Waals surface area contributed by atoms with Crippen LogP contribution in [0.4, 0.5) is 5.69 Å². The summed E-state index contributed by atoms with van der Waals surface area (Å²) in [7, 11) is 1.22. The number of nitro groups is 1. The van der Waals surface area contributed by atoms with Crippen LogP contribution in [0.1, 0.15) is 11.3 Å². The van der Waals surface area contributed by atoms with Gasteiger partial charge in [0.1, 0.15) is 17.4 Å². The predicted octanol–water partition coefficient (Wildman–Crippen LogP) is 2.65. The van der Waals surface area contributed by atoms with Gasteiger partial charge in [0, 0.05) is 17.8 Å². The number of ether oxygens (including phenoxy) is 1. The van der Waals surface area contributed by atoms with Crippen LogP contribution in [-0.2, 0) is 0 Å². The minimum Gasteiger partial charge on any atom is -0.506 e. The van der Waals surface area contributed by atoms with Gasteiger partial charge in [0.05, 0.1) is 17.7 Å². The number of hydrogen-bond acceptors (Lipinski definition) is 7. The Morgan fingerprint density at radius 2 is 2.17 bits per heavy atom. The number of nitro benzene ring substituents is 1. The average Bonchev–Trinajstić information content (AvgIpc) is 2.56. The number of aliphatic hydroxyl groups is 1. The molecule has 1 aromatic carbocycles. The highest BCUT2D eigenvalue weighted by Crippen LogP contribution is 2.39. The van der Waals surface area contributed by atoms with E-state index in [0.29, 0.717) is 0 Å². The molecule has 0 atom stereocenters. The molecule has 0 saturated carbocycles. The highest BCUT2D eigenvalue weighted by Gasteiger charge is 2.22. The van der Waals surface area contributed by atoms with Crippen LogP contribution in [0.2, 0.25) is 0 Å². The van der Waals surface area contributed by atoms with Crippen LogP contribution in [0.3, 0.4) is 0 Å². The number of pyridine rings is 1. The SMILES string of the molecule is COc1cc(/C(O)=C(\C#N)c2ccccn2)cc([N+](=O)[O-])c1O.